The monoisotopic (exact) mass is 247 g/mol. The van der Waals surface area contributed by atoms with Crippen molar-refractivity contribution in [1.82, 2.24) is 15.6 Å². The predicted octanol–water partition coefficient (Wildman–Crippen LogP) is 0.904. The third-order valence-electron chi connectivity index (χ3n) is 1.92. The summed E-state index contributed by atoms with van der Waals surface area (Å²) in [6.45, 7) is 0. The molecule has 3 N–H and O–H groups in total. The fourth-order valence-electron chi connectivity index (χ4n) is 1.19. The number of hydrogen-bond donors (Lipinski definition) is 2. The Morgan fingerprint density at radius 3 is 2.76 bits per heavy atom. The van der Waals surface area contributed by atoms with Gasteiger partial charge < -0.3 is 10.3 Å². The third-order valence-corrected chi connectivity index (χ3v) is 2.01. The summed E-state index contributed by atoms with van der Waals surface area (Å²) in [5.74, 6) is 0.551. The second-order valence-electron chi connectivity index (χ2n) is 3.11. The highest BCUT2D eigenvalue weighted by Crippen LogP contribution is 2.14. The second kappa shape index (κ2) is 5.17. The van der Waals surface area contributed by atoms with Crippen molar-refractivity contribution in [3.8, 4) is 11.4 Å². The number of nitrogens with one attached hydrogen (secondary N) is 1. The Labute approximate surface area is 103 Å². The van der Waals surface area contributed by atoms with Gasteiger partial charge in [-0.1, -0.05) is 29.4 Å². The first-order valence-electron chi connectivity index (χ1n) is 4.71. The molecule has 0 saturated carbocycles. The van der Waals surface area contributed by atoms with E-state index in [-0.39, 0.29) is 5.11 Å². The number of rotatable bonds is 3. The zero-order valence-corrected chi connectivity index (χ0v) is 9.52. The molecule has 1 aromatic carbocycles. The maximum atomic E-state index is 5.22. The molecular weight excluding hydrogens is 238 g/mol. The number of nitrogens with two attached hydrogens (primary N) is 1. The lowest BCUT2D eigenvalue weighted by Crippen LogP contribution is -2.23. The van der Waals surface area contributed by atoms with Gasteiger partial charge >= 0.3 is 0 Å². The maximum absolute atomic E-state index is 5.22. The molecule has 0 aliphatic heterocycles. The zero-order valence-electron chi connectivity index (χ0n) is 8.70. The molecule has 0 bridgehead atoms. The fourth-order valence-corrected chi connectivity index (χ4v) is 1.24. The van der Waals surface area contributed by atoms with Gasteiger partial charge in [0.05, 0.1) is 6.21 Å². The van der Waals surface area contributed by atoms with Crippen LogP contribution in [-0.4, -0.2) is 21.5 Å². The molecule has 0 unspecified atom stereocenters. The van der Waals surface area contributed by atoms with Crippen molar-refractivity contribution in [1.29, 1.82) is 0 Å². The van der Waals surface area contributed by atoms with Crippen LogP contribution >= 0.6 is 12.2 Å². The number of hydrogen-bond acceptors (Lipinski definition) is 5. The van der Waals surface area contributed by atoms with Crippen LogP contribution in [0.5, 0.6) is 0 Å². The Morgan fingerprint density at radius 2 is 2.18 bits per heavy atom. The fraction of sp³-hybridized carbons (Fsp3) is 0. The Balaban J connectivity index is 2.08. The normalized spacial score (nSPS) is 10.6. The summed E-state index contributed by atoms with van der Waals surface area (Å²) >= 11 is 4.61. The molecule has 1 aromatic heterocycles. The predicted molar refractivity (Wildman–Crippen MR) is 67.2 cm³/mol. The van der Waals surface area contributed by atoms with E-state index >= 15 is 0 Å². The van der Waals surface area contributed by atoms with E-state index in [1.54, 1.807) is 6.21 Å². The van der Waals surface area contributed by atoms with Crippen molar-refractivity contribution < 1.29 is 4.52 Å². The van der Waals surface area contributed by atoms with Gasteiger partial charge in [-0.3, -0.25) is 5.43 Å². The van der Waals surface area contributed by atoms with Crippen LogP contribution in [0.1, 0.15) is 5.56 Å². The Bertz CT molecular complexity index is 520. The number of benzene rings is 1. The van der Waals surface area contributed by atoms with Crippen LogP contribution in [0.15, 0.2) is 40.3 Å². The van der Waals surface area contributed by atoms with E-state index in [1.165, 1.54) is 6.39 Å². The molecular formula is C10H9N5OS. The Kier molecular flexibility index (Phi) is 3.41. The molecule has 7 heteroatoms. The molecule has 17 heavy (non-hydrogen) atoms. The van der Waals surface area contributed by atoms with E-state index in [2.05, 4.69) is 37.4 Å². The highest BCUT2D eigenvalue weighted by Gasteiger charge is 2.01. The van der Waals surface area contributed by atoms with Crippen molar-refractivity contribution in [2.75, 3.05) is 0 Å². The molecule has 0 radical (unpaired) electrons. The van der Waals surface area contributed by atoms with Crippen LogP contribution < -0.4 is 11.2 Å². The van der Waals surface area contributed by atoms with Gasteiger partial charge in [-0.2, -0.15) is 10.1 Å². The Morgan fingerprint density at radius 1 is 1.41 bits per heavy atom. The average Bonchev–Trinajstić information content (AvgIpc) is 2.83. The van der Waals surface area contributed by atoms with Gasteiger partial charge in [0.25, 0.3) is 0 Å². The van der Waals surface area contributed by atoms with Crippen LogP contribution in [0.2, 0.25) is 0 Å². The lowest BCUT2D eigenvalue weighted by atomic mass is 10.1. The van der Waals surface area contributed by atoms with E-state index in [9.17, 15) is 0 Å². The SMILES string of the molecule is NC(=S)NN=Cc1ccc(-c2ncon2)cc1. The first-order valence-corrected chi connectivity index (χ1v) is 5.12. The van der Waals surface area contributed by atoms with Crippen LogP contribution in [-0.2, 0) is 0 Å². The summed E-state index contributed by atoms with van der Waals surface area (Å²) in [5, 5.41) is 7.71. The van der Waals surface area contributed by atoms with E-state index in [4.69, 9.17) is 5.73 Å². The summed E-state index contributed by atoms with van der Waals surface area (Å²) in [5.41, 5.74) is 9.48. The van der Waals surface area contributed by atoms with Crippen molar-refractivity contribution in [2.45, 2.75) is 0 Å². The van der Waals surface area contributed by atoms with Crippen LogP contribution in [0.3, 0.4) is 0 Å². The van der Waals surface area contributed by atoms with Crippen molar-refractivity contribution in [2.24, 2.45) is 10.8 Å². The minimum atomic E-state index is 0.129. The summed E-state index contributed by atoms with van der Waals surface area (Å²) < 4.78 is 4.66. The summed E-state index contributed by atoms with van der Waals surface area (Å²) in [6, 6.07) is 7.48. The molecule has 0 saturated heterocycles. The van der Waals surface area contributed by atoms with Gasteiger partial charge in [0, 0.05) is 5.56 Å². The van der Waals surface area contributed by atoms with E-state index in [0.717, 1.165) is 11.1 Å². The van der Waals surface area contributed by atoms with Gasteiger partial charge in [0.15, 0.2) is 5.11 Å². The van der Waals surface area contributed by atoms with Crippen molar-refractivity contribution in [3.05, 3.63) is 36.2 Å². The van der Waals surface area contributed by atoms with Crippen LogP contribution in [0.25, 0.3) is 11.4 Å². The molecule has 0 spiro atoms. The van der Waals surface area contributed by atoms with Crippen LogP contribution in [0.4, 0.5) is 0 Å². The van der Waals surface area contributed by atoms with Gasteiger partial charge in [-0.15, -0.1) is 0 Å². The minimum Gasteiger partial charge on any atom is -0.375 e. The topological polar surface area (TPSA) is 89.3 Å². The highest BCUT2D eigenvalue weighted by molar-refractivity contribution is 7.80. The smallest absolute Gasteiger partial charge is 0.214 e. The first kappa shape index (κ1) is 11.2. The molecule has 0 fully saturated rings. The largest absolute Gasteiger partial charge is 0.375 e. The first-order chi connectivity index (χ1) is 8.25. The van der Waals surface area contributed by atoms with Crippen molar-refractivity contribution >= 4 is 23.5 Å². The average molecular weight is 247 g/mol. The second-order valence-corrected chi connectivity index (χ2v) is 3.55. The van der Waals surface area contributed by atoms with Crippen LogP contribution in [0, 0.1) is 0 Å². The molecule has 6 nitrogen and oxygen atoms in total. The van der Waals surface area contributed by atoms with Gasteiger partial charge in [-0.25, -0.2) is 0 Å². The minimum absolute atomic E-state index is 0.129. The zero-order chi connectivity index (χ0) is 12.1. The summed E-state index contributed by atoms with van der Waals surface area (Å²) in [6.07, 6.45) is 2.90. The number of nitrogens with zero attached hydrogens (tertiary/aromatic N) is 3. The van der Waals surface area contributed by atoms with Gasteiger partial charge in [0.2, 0.25) is 12.2 Å². The molecule has 0 amide bonds. The molecule has 0 atom stereocenters. The van der Waals surface area contributed by atoms with Gasteiger partial charge in [0.1, 0.15) is 0 Å². The number of hydrazone groups is 1. The molecule has 86 valence electrons. The van der Waals surface area contributed by atoms with Crippen molar-refractivity contribution in [3.63, 3.8) is 0 Å². The summed E-state index contributed by atoms with van der Waals surface area (Å²) in [4.78, 5) is 3.94. The number of thiocarbonyl (C=S) groups is 1. The molecule has 2 aromatic rings. The lowest BCUT2D eigenvalue weighted by molar-refractivity contribution is 0.419. The standard InChI is InChI=1S/C10H9N5OS/c11-10(17)14-13-5-7-1-3-8(4-2-7)9-12-6-16-15-9/h1-6H,(H3,11,14,17). The molecule has 2 rings (SSSR count). The summed E-state index contributed by atoms with van der Waals surface area (Å²) in [7, 11) is 0. The van der Waals surface area contributed by atoms with E-state index in [1.807, 2.05) is 24.3 Å². The lowest BCUT2D eigenvalue weighted by Gasteiger charge is -1.96. The Hall–Kier alpha value is -2.28. The molecule has 1 heterocycles. The maximum Gasteiger partial charge on any atom is 0.214 e. The highest BCUT2D eigenvalue weighted by atomic mass is 32.1. The quantitative estimate of drug-likeness (QED) is 0.476. The van der Waals surface area contributed by atoms with Gasteiger partial charge in [-0.05, 0) is 17.8 Å². The molecule has 0 aliphatic rings. The van der Waals surface area contributed by atoms with E-state index < -0.39 is 0 Å². The third kappa shape index (κ3) is 3.08. The van der Waals surface area contributed by atoms with E-state index in [0.29, 0.717) is 5.82 Å². The number of aromatic nitrogens is 2. The molecule has 0 aliphatic carbocycles.